The third-order valence-corrected chi connectivity index (χ3v) is 2.95. The molecule has 16 heavy (non-hydrogen) atoms. The first-order valence-electron chi connectivity index (χ1n) is 4.92. The second-order valence-corrected chi connectivity index (χ2v) is 4.42. The van der Waals surface area contributed by atoms with Crippen molar-refractivity contribution in [3.8, 4) is 0 Å². The molecule has 2 rings (SSSR count). The summed E-state index contributed by atoms with van der Waals surface area (Å²) in [5, 5.41) is 9.01. The molecule has 0 bridgehead atoms. The molecule has 0 saturated heterocycles. The van der Waals surface area contributed by atoms with Crippen LogP contribution in [-0.4, -0.2) is 33.1 Å². The Kier molecular flexibility index (Phi) is 3.14. The van der Waals surface area contributed by atoms with Crippen LogP contribution >= 0.6 is 11.8 Å². The number of para-hydroxylation sites is 1. The standard InChI is InChI=1S/C11H12N2O2S/c1-16-6-5-9-12-8-4-2-3-7(11(14)15)10(8)13-9/h2-4H,5-6H2,1H3,(H,12,13)(H,14,15). The van der Waals surface area contributed by atoms with Crippen LogP contribution in [0.1, 0.15) is 16.2 Å². The minimum absolute atomic E-state index is 0.254. The van der Waals surface area contributed by atoms with Crippen molar-refractivity contribution in [3.63, 3.8) is 0 Å². The van der Waals surface area contributed by atoms with Gasteiger partial charge in [0.05, 0.1) is 11.1 Å². The average Bonchev–Trinajstić information content (AvgIpc) is 2.68. The van der Waals surface area contributed by atoms with E-state index in [0.29, 0.717) is 5.52 Å². The number of aromatic nitrogens is 2. The Morgan fingerprint density at radius 2 is 2.38 bits per heavy atom. The molecule has 0 aliphatic rings. The first kappa shape index (κ1) is 11.0. The van der Waals surface area contributed by atoms with Gasteiger partial charge in [-0.15, -0.1) is 0 Å². The number of nitrogens with zero attached hydrogens (tertiary/aromatic N) is 1. The topological polar surface area (TPSA) is 66.0 Å². The van der Waals surface area contributed by atoms with Gasteiger partial charge in [-0.3, -0.25) is 0 Å². The van der Waals surface area contributed by atoms with Crippen LogP contribution in [0.25, 0.3) is 11.0 Å². The van der Waals surface area contributed by atoms with Crippen molar-refractivity contribution >= 4 is 28.8 Å². The zero-order chi connectivity index (χ0) is 11.5. The van der Waals surface area contributed by atoms with Crippen molar-refractivity contribution in [2.24, 2.45) is 0 Å². The number of aromatic carboxylic acids is 1. The molecule has 2 N–H and O–H groups in total. The predicted octanol–water partition coefficient (Wildman–Crippen LogP) is 2.17. The molecular weight excluding hydrogens is 224 g/mol. The Hall–Kier alpha value is -1.49. The number of hydrogen-bond acceptors (Lipinski definition) is 3. The number of aryl methyl sites for hydroxylation is 1. The lowest BCUT2D eigenvalue weighted by atomic mass is 10.2. The van der Waals surface area contributed by atoms with Gasteiger partial charge in [0.1, 0.15) is 11.3 Å². The van der Waals surface area contributed by atoms with Crippen LogP contribution in [0.3, 0.4) is 0 Å². The second-order valence-electron chi connectivity index (χ2n) is 3.43. The fourth-order valence-corrected chi connectivity index (χ4v) is 1.97. The summed E-state index contributed by atoms with van der Waals surface area (Å²) >= 11 is 1.74. The van der Waals surface area contributed by atoms with E-state index in [1.807, 2.05) is 12.3 Å². The van der Waals surface area contributed by atoms with E-state index in [-0.39, 0.29) is 5.56 Å². The molecule has 2 aromatic rings. The molecule has 0 spiro atoms. The average molecular weight is 236 g/mol. The van der Waals surface area contributed by atoms with Crippen LogP contribution in [0.4, 0.5) is 0 Å². The highest BCUT2D eigenvalue weighted by molar-refractivity contribution is 7.98. The van der Waals surface area contributed by atoms with Crippen LogP contribution in [-0.2, 0) is 6.42 Å². The molecule has 1 aromatic carbocycles. The van der Waals surface area contributed by atoms with Crippen LogP contribution in [0.5, 0.6) is 0 Å². The predicted molar refractivity (Wildman–Crippen MR) is 65.1 cm³/mol. The number of benzene rings is 1. The summed E-state index contributed by atoms with van der Waals surface area (Å²) < 4.78 is 0. The number of fused-ring (bicyclic) bond motifs is 1. The number of imidazole rings is 1. The van der Waals surface area contributed by atoms with Gasteiger partial charge in [0.15, 0.2) is 0 Å². The molecule has 5 heteroatoms. The number of nitrogens with one attached hydrogen (secondary N) is 1. The number of carboxylic acid groups (broad SMARTS) is 1. The molecule has 0 aliphatic heterocycles. The SMILES string of the molecule is CSCCc1nc2c(C(=O)O)cccc2[nH]1. The van der Waals surface area contributed by atoms with Crippen LogP contribution < -0.4 is 0 Å². The summed E-state index contributed by atoms with van der Waals surface area (Å²) in [5.74, 6) is 0.883. The summed E-state index contributed by atoms with van der Waals surface area (Å²) in [5.41, 5.74) is 1.59. The number of rotatable bonds is 4. The number of thioether (sulfide) groups is 1. The molecule has 1 heterocycles. The van der Waals surface area contributed by atoms with Crippen molar-refractivity contribution in [1.29, 1.82) is 0 Å². The highest BCUT2D eigenvalue weighted by Gasteiger charge is 2.11. The van der Waals surface area contributed by atoms with Gasteiger partial charge < -0.3 is 10.1 Å². The lowest BCUT2D eigenvalue weighted by Crippen LogP contribution is -1.97. The Balaban J connectivity index is 2.44. The van der Waals surface area contributed by atoms with Gasteiger partial charge in [0.2, 0.25) is 0 Å². The van der Waals surface area contributed by atoms with Gasteiger partial charge in [0.25, 0.3) is 0 Å². The second kappa shape index (κ2) is 4.57. The van der Waals surface area contributed by atoms with Gasteiger partial charge in [-0.2, -0.15) is 11.8 Å². The summed E-state index contributed by atoms with van der Waals surface area (Å²) in [4.78, 5) is 18.4. The lowest BCUT2D eigenvalue weighted by molar-refractivity contribution is 0.0699. The van der Waals surface area contributed by atoms with Gasteiger partial charge >= 0.3 is 5.97 Å². The summed E-state index contributed by atoms with van der Waals surface area (Å²) in [6.45, 7) is 0. The molecule has 0 atom stereocenters. The van der Waals surface area contributed by atoms with Gasteiger partial charge in [-0.1, -0.05) is 6.07 Å². The van der Waals surface area contributed by atoms with E-state index < -0.39 is 5.97 Å². The molecule has 84 valence electrons. The maximum atomic E-state index is 11.0. The zero-order valence-electron chi connectivity index (χ0n) is 8.86. The van der Waals surface area contributed by atoms with Crippen molar-refractivity contribution in [1.82, 2.24) is 9.97 Å². The van der Waals surface area contributed by atoms with Gasteiger partial charge in [-0.25, -0.2) is 9.78 Å². The molecule has 0 amide bonds. The third kappa shape index (κ3) is 2.04. The zero-order valence-corrected chi connectivity index (χ0v) is 9.67. The number of hydrogen-bond donors (Lipinski definition) is 2. The fraction of sp³-hybridized carbons (Fsp3) is 0.273. The summed E-state index contributed by atoms with van der Waals surface area (Å²) in [6.07, 6.45) is 2.86. The molecule has 0 aliphatic carbocycles. The van der Waals surface area contributed by atoms with Crippen LogP contribution in [0.2, 0.25) is 0 Å². The fourth-order valence-electron chi connectivity index (χ4n) is 1.57. The first-order valence-corrected chi connectivity index (χ1v) is 6.31. The van der Waals surface area contributed by atoms with E-state index in [4.69, 9.17) is 5.11 Å². The lowest BCUT2D eigenvalue weighted by Gasteiger charge is -1.93. The Morgan fingerprint density at radius 1 is 1.56 bits per heavy atom. The summed E-state index contributed by atoms with van der Waals surface area (Å²) in [6, 6.07) is 5.14. The maximum Gasteiger partial charge on any atom is 0.337 e. The molecular formula is C11H12N2O2S. The summed E-state index contributed by atoms with van der Waals surface area (Å²) in [7, 11) is 0. The number of aromatic amines is 1. The van der Waals surface area contributed by atoms with E-state index in [9.17, 15) is 4.79 Å². The monoisotopic (exact) mass is 236 g/mol. The normalized spacial score (nSPS) is 10.8. The third-order valence-electron chi connectivity index (χ3n) is 2.34. The number of carboxylic acids is 1. The minimum atomic E-state index is -0.937. The van der Waals surface area contributed by atoms with E-state index in [2.05, 4.69) is 9.97 Å². The van der Waals surface area contributed by atoms with Crippen molar-refractivity contribution in [2.75, 3.05) is 12.0 Å². The molecule has 1 aromatic heterocycles. The van der Waals surface area contributed by atoms with Crippen molar-refractivity contribution < 1.29 is 9.90 Å². The minimum Gasteiger partial charge on any atom is -0.478 e. The highest BCUT2D eigenvalue weighted by Crippen LogP contribution is 2.17. The Bertz CT molecular complexity index is 522. The first-order chi connectivity index (χ1) is 7.72. The van der Waals surface area contributed by atoms with Crippen LogP contribution in [0.15, 0.2) is 18.2 Å². The van der Waals surface area contributed by atoms with E-state index in [0.717, 1.165) is 23.5 Å². The molecule has 4 nitrogen and oxygen atoms in total. The molecule has 0 radical (unpaired) electrons. The molecule has 0 fully saturated rings. The van der Waals surface area contributed by atoms with E-state index in [1.165, 1.54) is 0 Å². The van der Waals surface area contributed by atoms with E-state index in [1.54, 1.807) is 23.9 Å². The van der Waals surface area contributed by atoms with E-state index >= 15 is 0 Å². The van der Waals surface area contributed by atoms with Crippen molar-refractivity contribution in [3.05, 3.63) is 29.6 Å². The molecule has 0 saturated carbocycles. The Morgan fingerprint density at radius 3 is 3.06 bits per heavy atom. The highest BCUT2D eigenvalue weighted by atomic mass is 32.2. The van der Waals surface area contributed by atoms with Crippen LogP contribution in [0, 0.1) is 0 Å². The molecule has 0 unspecified atom stereocenters. The maximum absolute atomic E-state index is 11.0. The largest absolute Gasteiger partial charge is 0.478 e. The Labute approximate surface area is 97.1 Å². The number of carbonyl (C=O) groups is 1. The van der Waals surface area contributed by atoms with Gasteiger partial charge in [0, 0.05) is 12.2 Å². The van der Waals surface area contributed by atoms with Gasteiger partial charge in [-0.05, 0) is 18.4 Å². The number of H-pyrrole nitrogens is 1. The van der Waals surface area contributed by atoms with Crippen molar-refractivity contribution in [2.45, 2.75) is 6.42 Å². The quantitative estimate of drug-likeness (QED) is 0.853. The smallest absolute Gasteiger partial charge is 0.337 e.